The molecule has 5 nitrogen and oxygen atoms in total. The summed E-state index contributed by atoms with van der Waals surface area (Å²) < 4.78 is 28.1. The largest absolute Gasteiger partial charge is 0.411 e. The SMILES string of the molecule is CC[Si](CC)(CC)O[C@H]1[C@H]2O[C@@H]([C@H](O)C(C)C)C[C@@H](C)[C@@H]2[C@@]2(C)CC[C@@]34CC35CCC(O[C@H]3CCCCO3)C(C)(C)[C@@H]5CC[C@H]4[C@]12C. The minimum absolute atomic E-state index is 0.000720. The van der Waals surface area contributed by atoms with Crippen LogP contribution in [0.1, 0.15) is 140 Å². The summed E-state index contributed by atoms with van der Waals surface area (Å²) in [5.41, 5.74) is 1.31. The lowest BCUT2D eigenvalue weighted by Gasteiger charge is -2.64. The summed E-state index contributed by atoms with van der Waals surface area (Å²) in [6, 6.07) is 3.53. The van der Waals surface area contributed by atoms with Gasteiger partial charge in [-0.25, -0.2) is 0 Å². The number of rotatable bonds is 9. The van der Waals surface area contributed by atoms with E-state index in [0.29, 0.717) is 34.7 Å². The molecule has 1 N–H and O–H groups in total. The molecular formula is C41H72O5Si. The summed E-state index contributed by atoms with van der Waals surface area (Å²) in [5.74, 6) is 2.62. The first-order valence-electron chi connectivity index (χ1n) is 20.5. The predicted molar refractivity (Wildman–Crippen MR) is 191 cm³/mol. The summed E-state index contributed by atoms with van der Waals surface area (Å²) in [7, 11) is -1.94. The number of aliphatic hydroxyl groups is 1. The molecule has 0 aromatic rings. The topological polar surface area (TPSA) is 57.2 Å². The Bertz CT molecular complexity index is 1140. The van der Waals surface area contributed by atoms with Crippen molar-refractivity contribution in [3.8, 4) is 0 Å². The van der Waals surface area contributed by atoms with Crippen molar-refractivity contribution in [3.05, 3.63) is 0 Å². The van der Waals surface area contributed by atoms with E-state index in [1.54, 1.807) is 0 Å². The minimum atomic E-state index is -1.94. The maximum atomic E-state index is 11.4. The van der Waals surface area contributed by atoms with Gasteiger partial charge in [0.05, 0.1) is 30.5 Å². The van der Waals surface area contributed by atoms with Crippen LogP contribution in [0.15, 0.2) is 0 Å². The molecule has 6 heteroatoms. The fraction of sp³-hybridized carbons (Fsp3) is 1.00. The quantitative estimate of drug-likeness (QED) is 0.195. The van der Waals surface area contributed by atoms with Crippen LogP contribution in [0.5, 0.6) is 0 Å². The summed E-state index contributed by atoms with van der Waals surface area (Å²) in [6.45, 7) is 25.4. The Kier molecular flexibility index (Phi) is 9.07. The maximum absolute atomic E-state index is 11.4. The molecule has 2 saturated heterocycles. The molecule has 5 saturated carbocycles. The van der Waals surface area contributed by atoms with Crippen molar-refractivity contribution in [1.82, 2.24) is 0 Å². The highest BCUT2D eigenvalue weighted by atomic mass is 28.4. The average Bonchev–Trinajstić information content (AvgIpc) is 3.68. The lowest BCUT2D eigenvalue weighted by atomic mass is 9.41. The van der Waals surface area contributed by atoms with E-state index in [0.717, 1.165) is 25.4 Å². The molecule has 0 radical (unpaired) electrons. The zero-order valence-corrected chi connectivity index (χ0v) is 33.0. The molecule has 0 aromatic carbocycles. The molecule has 2 heterocycles. The van der Waals surface area contributed by atoms with Gasteiger partial charge in [0.2, 0.25) is 0 Å². The Morgan fingerprint density at radius 2 is 1.55 bits per heavy atom. The van der Waals surface area contributed by atoms with Gasteiger partial charge in [0, 0.05) is 12.0 Å². The van der Waals surface area contributed by atoms with Crippen molar-refractivity contribution in [2.45, 2.75) is 195 Å². The fourth-order valence-corrected chi connectivity index (χ4v) is 17.6. The van der Waals surface area contributed by atoms with Crippen molar-refractivity contribution in [2.24, 2.45) is 56.7 Å². The first-order chi connectivity index (χ1) is 22.2. The smallest absolute Gasteiger partial charge is 0.192 e. The van der Waals surface area contributed by atoms with Crippen LogP contribution >= 0.6 is 0 Å². The number of hydrogen-bond donors (Lipinski definition) is 1. The van der Waals surface area contributed by atoms with Gasteiger partial charge in [0.25, 0.3) is 0 Å². The van der Waals surface area contributed by atoms with Crippen molar-refractivity contribution in [2.75, 3.05) is 6.61 Å². The van der Waals surface area contributed by atoms with Gasteiger partial charge in [-0.05, 0) is 140 Å². The molecule has 0 bridgehead atoms. The van der Waals surface area contributed by atoms with E-state index in [1.165, 1.54) is 75.9 Å². The molecule has 2 unspecified atom stereocenters. The summed E-state index contributed by atoms with van der Waals surface area (Å²) in [4.78, 5) is 0. The van der Waals surface area contributed by atoms with E-state index in [-0.39, 0.29) is 46.8 Å². The highest BCUT2D eigenvalue weighted by molar-refractivity contribution is 6.73. The lowest BCUT2D eigenvalue weighted by Crippen LogP contribution is -2.61. The molecular weight excluding hydrogens is 601 g/mol. The van der Waals surface area contributed by atoms with Gasteiger partial charge in [-0.15, -0.1) is 0 Å². The van der Waals surface area contributed by atoms with Gasteiger partial charge < -0.3 is 23.7 Å². The van der Waals surface area contributed by atoms with Gasteiger partial charge >= 0.3 is 0 Å². The van der Waals surface area contributed by atoms with Crippen molar-refractivity contribution < 1.29 is 23.7 Å². The monoisotopic (exact) mass is 673 g/mol. The molecule has 14 atom stereocenters. The molecule has 2 spiro atoms. The molecule has 270 valence electrons. The van der Waals surface area contributed by atoms with Crippen LogP contribution in [0.3, 0.4) is 0 Å². The van der Waals surface area contributed by atoms with E-state index in [9.17, 15) is 5.11 Å². The van der Waals surface area contributed by atoms with Gasteiger partial charge in [0.15, 0.2) is 14.6 Å². The molecule has 0 aromatic heterocycles. The van der Waals surface area contributed by atoms with E-state index >= 15 is 0 Å². The predicted octanol–water partition coefficient (Wildman–Crippen LogP) is 9.76. The van der Waals surface area contributed by atoms with Crippen LogP contribution in [0.25, 0.3) is 0 Å². The number of fused-ring (bicyclic) bond motifs is 4. The van der Waals surface area contributed by atoms with E-state index in [2.05, 4.69) is 69.2 Å². The Morgan fingerprint density at radius 1 is 0.872 bits per heavy atom. The maximum Gasteiger partial charge on any atom is 0.192 e. The third-order valence-electron chi connectivity index (χ3n) is 17.6. The molecule has 2 aliphatic heterocycles. The van der Waals surface area contributed by atoms with Crippen LogP contribution < -0.4 is 0 Å². The highest BCUT2D eigenvalue weighted by Crippen LogP contribution is 2.89. The van der Waals surface area contributed by atoms with Gasteiger partial charge in [0.1, 0.15) is 0 Å². The number of hydrogen-bond acceptors (Lipinski definition) is 5. The second kappa shape index (κ2) is 12.0. The molecule has 47 heavy (non-hydrogen) atoms. The Hall–Kier alpha value is 0.0169. The second-order valence-electron chi connectivity index (χ2n) is 19.5. The zero-order chi connectivity index (χ0) is 33.8. The second-order valence-corrected chi connectivity index (χ2v) is 24.3. The van der Waals surface area contributed by atoms with Crippen LogP contribution in [-0.2, 0) is 18.6 Å². The summed E-state index contributed by atoms with van der Waals surface area (Å²) >= 11 is 0. The Balaban J connectivity index is 1.25. The first kappa shape index (κ1) is 35.4. The van der Waals surface area contributed by atoms with Crippen LogP contribution in [0, 0.1) is 56.7 Å². The van der Waals surface area contributed by atoms with E-state index < -0.39 is 14.4 Å². The molecule has 5 aliphatic carbocycles. The van der Waals surface area contributed by atoms with Crippen molar-refractivity contribution >= 4 is 8.32 Å². The first-order valence-corrected chi connectivity index (χ1v) is 23.0. The molecule has 7 fully saturated rings. The summed E-state index contributed by atoms with van der Waals surface area (Å²) in [6.07, 6.45) is 13.7. The standard InChI is InChI=1S/C41H72O5Si/c1-11-47(12-2,13-3)46-36-35-33(27(6)24-28(44-35)34(42)26(4)5)38(9)21-22-41-25-40(41)20-19-31(45-32-16-14-15-23-43-32)37(7,8)29(40)17-18-30(41)39(36,38)10/h26-36,42H,11-25H2,1-10H3/t27-,28-,29+,30+,31?,32+,33+,34-,35+,36+,38-,39-,40?,41+/m1/s1. The minimum Gasteiger partial charge on any atom is -0.411 e. The Labute approximate surface area is 289 Å². The van der Waals surface area contributed by atoms with Gasteiger partial charge in [-0.1, -0.05) is 69.2 Å². The zero-order valence-electron chi connectivity index (χ0n) is 32.0. The van der Waals surface area contributed by atoms with Crippen molar-refractivity contribution in [1.29, 1.82) is 0 Å². The lowest BCUT2D eigenvalue weighted by molar-refractivity contribution is -0.242. The normalized spacial score (nSPS) is 50.9. The molecule has 7 aliphatic rings. The van der Waals surface area contributed by atoms with Crippen LogP contribution in [0.4, 0.5) is 0 Å². The molecule has 0 amide bonds. The molecule has 7 rings (SSSR count). The van der Waals surface area contributed by atoms with Gasteiger partial charge in [-0.3, -0.25) is 0 Å². The third-order valence-corrected chi connectivity index (χ3v) is 22.2. The highest BCUT2D eigenvalue weighted by Gasteiger charge is 2.85. The fourth-order valence-electron chi connectivity index (χ4n) is 14.6. The average molecular weight is 673 g/mol. The van der Waals surface area contributed by atoms with Gasteiger partial charge in [-0.2, -0.15) is 0 Å². The Morgan fingerprint density at radius 3 is 2.19 bits per heavy atom. The van der Waals surface area contributed by atoms with Crippen LogP contribution in [-0.4, -0.2) is 56.8 Å². The summed E-state index contributed by atoms with van der Waals surface area (Å²) in [5, 5.41) is 11.4. The number of aliphatic hydroxyl groups excluding tert-OH is 1. The van der Waals surface area contributed by atoms with E-state index in [4.69, 9.17) is 18.6 Å². The van der Waals surface area contributed by atoms with E-state index in [1.807, 2.05) is 0 Å². The number of ether oxygens (including phenoxy) is 3. The van der Waals surface area contributed by atoms with Crippen LogP contribution in [0.2, 0.25) is 18.1 Å². The van der Waals surface area contributed by atoms with Crippen molar-refractivity contribution in [3.63, 3.8) is 0 Å². The third kappa shape index (κ3) is 4.82.